The number of likely N-dealkylation sites (N-methyl/N-ethyl adjacent to an activating group) is 1. The van der Waals surface area contributed by atoms with Crippen molar-refractivity contribution in [1.82, 2.24) is 4.90 Å². The van der Waals surface area contributed by atoms with E-state index in [1.165, 1.54) is 18.6 Å². The molecule has 7 heteroatoms. The SMILES string of the molecule is CCC1(c2cccc(OC(=O)Nc3ccc(C(=O)OCc4ccccc4)c(F)c3)c2)CCCCN(C)C1. The number of benzene rings is 3. The van der Waals surface area contributed by atoms with Gasteiger partial charge in [-0.2, -0.15) is 0 Å². The molecule has 194 valence electrons. The molecule has 0 saturated carbocycles. The molecular formula is C30H33FN2O4. The first-order valence-corrected chi connectivity index (χ1v) is 12.7. The van der Waals surface area contributed by atoms with Gasteiger partial charge in [0.05, 0.1) is 5.56 Å². The monoisotopic (exact) mass is 504 g/mol. The van der Waals surface area contributed by atoms with Crippen LogP contribution < -0.4 is 10.1 Å². The molecule has 1 N–H and O–H groups in total. The first kappa shape index (κ1) is 26.4. The van der Waals surface area contributed by atoms with Crippen LogP contribution in [0.2, 0.25) is 0 Å². The van der Waals surface area contributed by atoms with Crippen LogP contribution in [0.3, 0.4) is 0 Å². The van der Waals surface area contributed by atoms with Gasteiger partial charge in [0.15, 0.2) is 0 Å². The number of ether oxygens (including phenoxy) is 2. The van der Waals surface area contributed by atoms with Crippen LogP contribution >= 0.6 is 0 Å². The molecule has 1 aliphatic rings. The molecule has 1 fully saturated rings. The van der Waals surface area contributed by atoms with Gasteiger partial charge in [-0.25, -0.2) is 14.0 Å². The van der Waals surface area contributed by atoms with E-state index in [9.17, 15) is 14.0 Å². The number of hydrogen-bond acceptors (Lipinski definition) is 5. The second kappa shape index (κ2) is 12.0. The van der Waals surface area contributed by atoms with E-state index in [0.29, 0.717) is 5.75 Å². The zero-order valence-electron chi connectivity index (χ0n) is 21.3. The molecule has 1 saturated heterocycles. The first-order valence-electron chi connectivity index (χ1n) is 12.7. The molecule has 1 unspecified atom stereocenters. The smallest absolute Gasteiger partial charge is 0.417 e. The van der Waals surface area contributed by atoms with Crippen molar-refractivity contribution in [3.8, 4) is 5.75 Å². The molecule has 0 aliphatic carbocycles. The standard InChI is InChI=1S/C30H33FN2O4/c1-3-30(16-7-8-17-33(2)21-30)23-12-9-13-25(18-23)37-29(35)32-24-14-15-26(27(31)19-24)28(34)36-20-22-10-5-4-6-11-22/h4-6,9-15,18-19H,3,7-8,16-17,20-21H2,1-2H3,(H,32,35). The van der Waals surface area contributed by atoms with Gasteiger partial charge in [0.2, 0.25) is 0 Å². The number of esters is 1. The molecule has 0 spiro atoms. The fourth-order valence-corrected chi connectivity index (χ4v) is 4.95. The summed E-state index contributed by atoms with van der Waals surface area (Å²) in [6.45, 7) is 4.29. The summed E-state index contributed by atoms with van der Waals surface area (Å²) in [6.07, 6.45) is 3.68. The Morgan fingerprint density at radius 1 is 1.03 bits per heavy atom. The molecule has 6 nitrogen and oxygen atoms in total. The van der Waals surface area contributed by atoms with E-state index in [1.807, 2.05) is 42.5 Å². The fourth-order valence-electron chi connectivity index (χ4n) is 4.95. The molecule has 1 atom stereocenters. The van der Waals surface area contributed by atoms with Crippen molar-refractivity contribution in [2.45, 2.75) is 44.6 Å². The van der Waals surface area contributed by atoms with Crippen LogP contribution in [0.25, 0.3) is 0 Å². The second-order valence-electron chi connectivity index (χ2n) is 9.63. The highest BCUT2D eigenvalue weighted by atomic mass is 19.1. The van der Waals surface area contributed by atoms with Crippen LogP contribution in [0, 0.1) is 5.82 Å². The first-order chi connectivity index (χ1) is 17.9. The van der Waals surface area contributed by atoms with Gasteiger partial charge in [0, 0.05) is 17.6 Å². The summed E-state index contributed by atoms with van der Waals surface area (Å²) in [7, 11) is 2.15. The molecule has 1 heterocycles. The molecule has 37 heavy (non-hydrogen) atoms. The number of amides is 1. The van der Waals surface area contributed by atoms with Crippen molar-refractivity contribution in [3.63, 3.8) is 0 Å². The molecule has 0 radical (unpaired) electrons. The van der Waals surface area contributed by atoms with E-state index in [2.05, 4.69) is 30.3 Å². The van der Waals surface area contributed by atoms with Gasteiger partial charge in [-0.05, 0) is 74.3 Å². The molecule has 0 bridgehead atoms. The van der Waals surface area contributed by atoms with E-state index in [4.69, 9.17) is 9.47 Å². The van der Waals surface area contributed by atoms with Gasteiger partial charge in [-0.3, -0.25) is 5.32 Å². The normalized spacial score (nSPS) is 18.0. The highest BCUT2D eigenvalue weighted by molar-refractivity contribution is 5.91. The minimum atomic E-state index is -0.791. The number of carbonyl (C=O) groups is 2. The number of anilines is 1. The lowest BCUT2D eigenvalue weighted by atomic mass is 9.74. The Kier molecular flexibility index (Phi) is 8.56. The van der Waals surface area contributed by atoms with E-state index in [-0.39, 0.29) is 23.3 Å². The molecule has 3 aromatic rings. The molecule has 3 aromatic carbocycles. The number of nitrogens with zero attached hydrogens (tertiary/aromatic N) is 1. The lowest BCUT2D eigenvalue weighted by molar-refractivity contribution is 0.0467. The summed E-state index contributed by atoms with van der Waals surface area (Å²) in [5.74, 6) is -1.14. The number of likely N-dealkylation sites (tertiary alicyclic amines) is 1. The third-order valence-corrected chi connectivity index (χ3v) is 7.00. The van der Waals surface area contributed by atoms with Crippen LogP contribution in [0.15, 0.2) is 72.8 Å². The van der Waals surface area contributed by atoms with Gasteiger partial charge >= 0.3 is 12.1 Å². The maximum absolute atomic E-state index is 14.6. The Labute approximate surface area is 217 Å². The van der Waals surface area contributed by atoms with Gasteiger partial charge in [-0.1, -0.05) is 55.8 Å². The fraction of sp³-hybridized carbons (Fsp3) is 0.333. The van der Waals surface area contributed by atoms with E-state index in [1.54, 1.807) is 6.07 Å². The van der Waals surface area contributed by atoms with Crippen molar-refractivity contribution in [2.24, 2.45) is 0 Å². The average Bonchev–Trinajstić information content (AvgIpc) is 3.10. The van der Waals surface area contributed by atoms with E-state index >= 15 is 0 Å². The number of nitrogens with one attached hydrogen (secondary N) is 1. The number of halogens is 1. The summed E-state index contributed by atoms with van der Waals surface area (Å²) >= 11 is 0. The summed E-state index contributed by atoms with van der Waals surface area (Å²) < 4.78 is 25.3. The molecule has 4 rings (SSSR count). The van der Waals surface area contributed by atoms with Crippen molar-refractivity contribution >= 4 is 17.7 Å². The van der Waals surface area contributed by atoms with Crippen molar-refractivity contribution in [1.29, 1.82) is 0 Å². The maximum atomic E-state index is 14.6. The second-order valence-corrected chi connectivity index (χ2v) is 9.63. The van der Waals surface area contributed by atoms with E-state index < -0.39 is 17.9 Å². The number of carbonyl (C=O) groups excluding carboxylic acids is 2. The molecule has 1 aliphatic heterocycles. The zero-order valence-corrected chi connectivity index (χ0v) is 21.3. The van der Waals surface area contributed by atoms with Crippen LogP contribution in [-0.4, -0.2) is 37.1 Å². The van der Waals surface area contributed by atoms with Crippen molar-refractivity contribution in [3.05, 3.63) is 95.3 Å². The van der Waals surface area contributed by atoms with Crippen molar-refractivity contribution < 1.29 is 23.5 Å². The Morgan fingerprint density at radius 2 is 1.84 bits per heavy atom. The zero-order chi connectivity index (χ0) is 26.3. The molecule has 0 aromatic heterocycles. The summed E-state index contributed by atoms with van der Waals surface area (Å²) in [6, 6.07) is 20.6. The predicted octanol–water partition coefficient (Wildman–Crippen LogP) is 6.56. The van der Waals surface area contributed by atoms with Crippen LogP contribution in [0.5, 0.6) is 5.75 Å². The number of hydrogen-bond donors (Lipinski definition) is 1. The third-order valence-electron chi connectivity index (χ3n) is 7.00. The van der Waals surface area contributed by atoms with Gasteiger partial charge < -0.3 is 14.4 Å². The largest absolute Gasteiger partial charge is 0.457 e. The van der Waals surface area contributed by atoms with Gasteiger partial charge in [-0.15, -0.1) is 0 Å². The maximum Gasteiger partial charge on any atom is 0.417 e. The minimum Gasteiger partial charge on any atom is -0.457 e. The van der Waals surface area contributed by atoms with Gasteiger partial charge in [0.25, 0.3) is 0 Å². The van der Waals surface area contributed by atoms with Crippen LogP contribution in [0.1, 0.15) is 54.1 Å². The Bertz CT molecular complexity index is 1230. The summed E-state index contributed by atoms with van der Waals surface area (Å²) in [5.41, 5.74) is 1.93. The van der Waals surface area contributed by atoms with Crippen molar-refractivity contribution in [2.75, 3.05) is 25.5 Å². The van der Waals surface area contributed by atoms with Crippen LogP contribution in [-0.2, 0) is 16.8 Å². The predicted molar refractivity (Wildman–Crippen MR) is 141 cm³/mol. The lowest BCUT2D eigenvalue weighted by Crippen LogP contribution is -2.37. The highest BCUT2D eigenvalue weighted by Crippen LogP contribution is 2.37. The van der Waals surface area contributed by atoms with E-state index in [0.717, 1.165) is 49.5 Å². The Balaban J connectivity index is 1.38. The quantitative estimate of drug-likeness (QED) is 0.369. The Morgan fingerprint density at radius 3 is 2.59 bits per heavy atom. The topological polar surface area (TPSA) is 67.9 Å². The summed E-state index contributed by atoms with van der Waals surface area (Å²) in [4.78, 5) is 27.2. The Hall–Kier alpha value is -3.71. The molecule has 1 amide bonds. The highest BCUT2D eigenvalue weighted by Gasteiger charge is 2.33. The molecular weight excluding hydrogens is 471 g/mol. The number of rotatable bonds is 7. The lowest BCUT2D eigenvalue weighted by Gasteiger charge is -2.35. The van der Waals surface area contributed by atoms with Gasteiger partial charge in [0.1, 0.15) is 18.2 Å². The average molecular weight is 505 g/mol. The minimum absolute atomic E-state index is 0.00910. The van der Waals surface area contributed by atoms with Crippen LogP contribution in [0.4, 0.5) is 14.9 Å². The third kappa shape index (κ3) is 6.74. The summed E-state index contributed by atoms with van der Waals surface area (Å²) in [5, 5.41) is 2.53.